The van der Waals surface area contributed by atoms with Crippen LogP contribution in [0.15, 0.2) is 39.5 Å². The number of nitrogens with zero attached hydrogens (tertiary/aromatic N) is 1. The van der Waals surface area contributed by atoms with Gasteiger partial charge in [0.2, 0.25) is 0 Å². The molecule has 0 fully saturated rings. The molecule has 2 heterocycles. The van der Waals surface area contributed by atoms with Crippen LogP contribution >= 0.6 is 11.3 Å². The first-order chi connectivity index (χ1) is 10.0. The van der Waals surface area contributed by atoms with Crippen molar-refractivity contribution >= 4 is 27.0 Å². The van der Waals surface area contributed by atoms with E-state index in [0.29, 0.717) is 23.4 Å². The van der Waals surface area contributed by atoms with Gasteiger partial charge in [0, 0.05) is 25.3 Å². The van der Waals surface area contributed by atoms with E-state index in [0.717, 1.165) is 5.56 Å². The molecule has 0 amide bonds. The van der Waals surface area contributed by atoms with Crippen molar-refractivity contribution in [2.45, 2.75) is 16.5 Å². The van der Waals surface area contributed by atoms with Crippen LogP contribution in [0.5, 0.6) is 0 Å². The molecule has 1 atom stereocenters. The molecule has 112 valence electrons. The predicted octanol–water partition coefficient (Wildman–Crippen LogP) is 1.11. The molecule has 1 aromatic carbocycles. The zero-order chi connectivity index (χ0) is 15.0. The van der Waals surface area contributed by atoms with E-state index in [1.165, 1.54) is 10.5 Å². The maximum absolute atomic E-state index is 12.7. The van der Waals surface area contributed by atoms with Crippen molar-refractivity contribution in [3.8, 4) is 0 Å². The Hall–Kier alpha value is -1.64. The molecule has 2 N–H and O–H groups in total. The Bertz CT molecular complexity index is 809. The molecule has 0 bridgehead atoms. The van der Waals surface area contributed by atoms with Crippen molar-refractivity contribution in [3.05, 3.63) is 45.7 Å². The van der Waals surface area contributed by atoms with Gasteiger partial charge in [-0.3, -0.25) is 9.10 Å². The van der Waals surface area contributed by atoms with Gasteiger partial charge in [0.1, 0.15) is 0 Å². The Labute approximate surface area is 125 Å². The second kappa shape index (κ2) is 5.28. The zero-order valence-electron chi connectivity index (χ0n) is 11.0. The van der Waals surface area contributed by atoms with E-state index >= 15 is 0 Å². The number of aliphatic hydroxyl groups excluding tert-OH is 1. The molecule has 0 saturated carbocycles. The van der Waals surface area contributed by atoms with Crippen LogP contribution in [0.1, 0.15) is 17.9 Å². The van der Waals surface area contributed by atoms with Crippen LogP contribution in [0.3, 0.4) is 0 Å². The summed E-state index contributed by atoms with van der Waals surface area (Å²) in [6, 6.07) is 7.26. The Morgan fingerprint density at radius 2 is 2.14 bits per heavy atom. The van der Waals surface area contributed by atoms with Gasteiger partial charge in [0.25, 0.3) is 10.0 Å². The largest absolute Gasteiger partial charge is 0.396 e. The molecule has 1 aliphatic heterocycles. The second-order valence-electron chi connectivity index (χ2n) is 4.80. The Morgan fingerprint density at radius 1 is 1.38 bits per heavy atom. The normalized spacial score (nSPS) is 18.0. The van der Waals surface area contributed by atoms with Crippen LogP contribution in [0.4, 0.5) is 5.69 Å². The number of aliphatic hydroxyl groups is 1. The molecule has 0 saturated heterocycles. The summed E-state index contributed by atoms with van der Waals surface area (Å²) in [5, 5.41) is 9.15. The topological polar surface area (TPSA) is 90.5 Å². The van der Waals surface area contributed by atoms with Crippen LogP contribution in [-0.4, -0.2) is 31.7 Å². The summed E-state index contributed by atoms with van der Waals surface area (Å²) in [7, 11) is -3.74. The van der Waals surface area contributed by atoms with E-state index in [-0.39, 0.29) is 23.3 Å². The SMILES string of the molecule is O=c1[nH]cc(S(=O)(=O)N2CC(CCO)c3ccccc32)s1. The number of nitrogens with one attached hydrogen (secondary N) is 1. The van der Waals surface area contributed by atoms with Gasteiger partial charge >= 0.3 is 4.87 Å². The summed E-state index contributed by atoms with van der Waals surface area (Å²) < 4.78 is 26.7. The summed E-state index contributed by atoms with van der Waals surface area (Å²) in [5.74, 6) is -0.0309. The first-order valence-electron chi connectivity index (χ1n) is 6.45. The number of sulfonamides is 1. The number of aromatic amines is 1. The molecule has 21 heavy (non-hydrogen) atoms. The van der Waals surface area contributed by atoms with Gasteiger partial charge in [-0.2, -0.15) is 0 Å². The lowest BCUT2D eigenvalue weighted by Crippen LogP contribution is -2.29. The fourth-order valence-electron chi connectivity index (χ4n) is 2.59. The van der Waals surface area contributed by atoms with Gasteiger partial charge in [-0.15, -0.1) is 0 Å². The Morgan fingerprint density at radius 3 is 2.81 bits per heavy atom. The third-order valence-electron chi connectivity index (χ3n) is 3.55. The number of rotatable bonds is 4. The minimum atomic E-state index is -3.74. The van der Waals surface area contributed by atoms with E-state index in [1.807, 2.05) is 12.1 Å². The van der Waals surface area contributed by atoms with Crippen molar-refractivity contribution in [2.75, 3.05) is 17.5 Å². The number of thiazole rings is 1. The first kappa shape index (κ1) is 14.3. The van der Waals surface area contributed by atoms with E-state index in [9.17, 15) is 13.2 Å². The summed E-state index contributed by atoms with van der Waals surface area (Å²) >= 11 is 0.681. The molecule has 6 nitrogen and oxygen atoms in total. The molecular formula is C13H14N2O4S2. The lowest BCUT2D eigenvalue weighted by molar-refractivity contribution is 0.278. The highest BCUT2D eigenvalue weighted by atomic mass is 32.2. The summed E-state index contributed by atoms with van der Waals surface area (Å²) in [6.07, 6.45) is 1.73. The number of benzene rings is 1. The highest BCUT2D eigenvalue weighted by molar-refractivity contribution is 7.94. The molecule has 0 spiro atoms. The summed E-state index contributed by atoms with van der Waals surface area (Å²) in [5.41, 5.74) is 1.54. The van der Waals surface area contributed by atoms with Gasteiger partial charge in [-0.05, 0) is 18.1 Å². The van der Waals surface area contributed by atoms with Crippen molar-refractivity contribution in [3.63, 3.8) is 0 Å². The fraction of sp³-hybridized carbons (Fsp3) is 0.308. The first-order valence-corrected chi connectivity index (χ1v) is 8.70. The van der Waals surface area contributed by atoms with Crippen molar-refractivity contribution in [2.24, 2.45) is 0 Å². The monoisotopic (exact) mass is 326 g/mol. The predicted molar refractivity (Wildman–Crippen MR) is 80.4 cm³/mol. The molecule has 0 radical (unpaired) electrons. The van der Waals surface area contributed by atoms with Gasteiger partial charge in [-0.1, -0.05) is 29.5 Å². The molecule has 1 unspecified atom stereocenters. The van der Waals surface area contributed by atoms with Crippen LogP contribution in [0, 0.1) is 0 Å². The average Bonchev–Trinajstić information content (AvgIpc) is 3.05. The third-order valence-corrected chi connectivity index (χ3v) is 6.61. The van der Waals surface area contributed by atoms with E-state index in [4.69, 9.17) is 5.11 Å². The minimum absolute atomic E-state index is 0.00434. The van der Waals surface area contributed by atoms with E-state index in [2.05, 4.69) is 4.98 Å². The van der Waals surface area contributed by atoms with Crippen LogP contribution < -0.4 is 9.18 Å². The number of para-hydroxylation sites is 1. The number of anilines is 1. The van der Waals surface area contributed by atoms with Crippen molar-refractivity contribution in [1.29, 1.82) is 0 Å². The Balaban J connectivity index is 2.06. The van der Waals surface area contributed by atoms with Crippen LogP contribution in [0.2, 0.25) is 0 Å². The number of hydrogen-bond donors (Lipinski definition) is 2. The smallest absolute Gasteiger partial charge is 0.305 e. The molecule has 0 aliphatic carbocycles. The van der Waals surface area contributed by atoms with Gasteiger partial charge in [0.05, 0.1) is 5.69 Å². The lowest BCUT2D eigenvalue weighted by Gasteiger charge is -2.18. The molecule has 1 aromatic heterocycles. The quantitative estimate of drug-likeness (QED) is 0.880. The molecule has 1 aliphatic rings. The van der Waals surface area contributed by atoms with Gasteiger partial charge in [0.15, 0.2) is 4.21 Å². The lowest BCUT2D eigenvalue weighted by atomic mass is 9.99. The number of fused-ring (bicyclic) bond motifs is 1. The number of aromatic nitrogens is 1. The zero-order valence-corrected chi connectivity index (χ0v) is 12.7. The third kappa shape index (κ3) is 2.39. The Kier molecular flexibility index (Phi) is 3.60. The van der Waals surface area contributed by atoms with Gasteiger partial charge < -0.3 is 10.1 Å². The van der Waals surface area contributed by atoms with E-state index < -0.39 is 14.9 Å². The fourth-order valence-corrected chi connectivity index (χ4v) is 5.15. The molecular weight excluding hydrogens is 312 g/mol. The minimum Gasteiger partial charge on any atom is -0.396 e. The standard InChI is InChI=1S/C13H14N2O4S2/c16-6-5-9-8-15(11-4-2-1-3-10(9)11)21(18,19)12-7-14-13(17)20-12/h1-4,7,9,16H,5-6,8H2,(H,14,17). The second-order valence-corrected chi connectivity index (χ2v) is 7.91. The van der Waals surface area contributed by atoms with E-state index in [1.54, 1.807) is 12.1 Å². The van der Waals surface area contributed by atoms with Crippen molar-refractivity contribution < 1.29 is 13.5 Å². The highest BCUT2D eigenvalue weighted by Crippen LogP contribution is 2.40. The number of hydrogen-bond acceptors (Lipinski definition) is 5. The maximum Gasteiger partial charge on any atom is 0.305 e. The van der Waals surface area contributed by atoms with Crippen LogP contribution in [0.25, 0.3) is 0 Å². The molecule has 3 rings (SSSR count). The average molecular weight is 326 g/mol. The van der Waals surface area contributed by atoms with Crippen LogP contribution in [-0.2, 0) is 10.0 Å². The highest BCUT2D eigenvalue weighted by Gasteiger charge is 2.36. The summed E-state index contributed by atoms with van der Waals surface area (Å²) in [6.45, 7) is 0.290. The maximum atomic E-state index is 12.7. The van der Waals surface area contributed by atoms with Gasteiger partial charge in [-0.25, -0.2) is 8.42 Å². The molecule has 8 heteroatoms. The summed E-state index contributed by atoms with van der Waals surface area (Å²) in [4.78, 5) is 13.2. The van der Waals surface area contributed by atoms with Crippen molar-refractivity contribution in [1.82, 2.24) is 4.98 Å². The molecule has 2 aromatic rings. The number of H-pyrrole nitrogens is 1.